The Kier molecular flexibility index (Phi) is 11.3. The van der Waals surface area contributed by atoms with Crippen LogP contribution in [-0.4, -0.2) is 132 Å². The largest absolute Gasteiger partial charge is 0.394 e. The normalized spacial score (nSPS) is 44.5. The highest BCUT2D eigenvalue weighted by Crippen LogP contribution is 2.32. The van der Waals surface area contributed by atoms with E-state index >= 15 is 4.39 Å². The van der Waals surface area contributed by atoms with Crippen LogP contribution in [0.3, 0.4) is 0 Å². The quantitative estimate of drug-likeness (QED) is 0.113. The van der Waals surface area contributed by atoms with Gasteiger partial charge in [0, 0.05) is 12.6 Å². The van der Waals surface area contributed by atoms with Crippen molar-refractivity contribution < 1.29 is 48.6 Å². The van der Waals surface area contributed by atoms with Crippen LogP contribution >= 0.6 is 0 Å². The molecule has 2 fully saturated rings. The molecular formula is C22H41FN6O9. The number of nitrogens with one attached hydrogen (secondary N) is 1. The summed E-state index contributed by atoms with van der Waals surface area (Å²) in [4.78, 5) is 12.5. The first-order chi connectivity index (χ1) is 18.0. The van der Waals surface area contributed by atoms with Gasteiger partial charge in [-0.25, -0.2) is 4.39 Å². The maximum atomic E-state index is 16.1. The molecule has 220 valence electrons. The van der Waals surface area contributed by atoms with Crippen LogP contribution < -0.4 is 34.0 Å². The standard InChI is InChI=1S/C22H41FN6O9/c23-14-18(37-21-9(26)2-1-8(6-25)35-21)10(27)5-11(29-20(34)12(31)3-4-24)19(14)38-22-17(33)15(28)16(32)13(7-30)36-22/h1-2,8-19,21-22,30-33H,3-7,24-28H2,(H,29,34)/t8?,9?,10-,11+,12-,13?,14?,15-,16-,17?,18?,19+,21-,22-/m0/s1. The van der Waals surface area contributed by atoms with Crippen molar-refractivity contribution in [3.8, 4) is 0 Å². The number of carbonyl (C=O) groups is 1. The highest BCUT2D eigenvalue weighted by atomic mass is 19.1. The number of aliphatic hydroxyl groups excluding tert-OH is 4. The Balaban J connectivity index is 1.83. The SMILES string of the molecule is NCC[C@H](O)C(=O)N[C@@H]1C[C@H](N)C(O[C@@H]2OC(CN)C=CC2N)C(F)[C@@H]1O[C@@H]1OC(CO)[C@H](O)[C@H](N)C1O. The smallest absolute Gasteiger partial charge is 0.249 e. The molecule has 14 atom stereocenters. The van der Waals surface area contributed by atoms with Crippen LogP contribution in [0.15, 0.2) is 12.2 Å². The minimum Gasteiger partial charge on any atom is -0.394 e. The summed E-state index contributed by atoms with van der Waals surface area (Å²) in [5, 5.41) is 42.7. The number of rotatable bonds is 10. The van der Waals surface area contributed by atoms with Crippen molar-refractivity contribution >= 4 is 5.91 Å². The monoisotopic (exact) mass is 552 g/mol. The summed E-state index contributed by atoms with van der Waals surface area (Å²) in [6, 6.07) is -4.11. The van der Waals surface area contributed by atoms with Gasteiger partial charge in [0.15, 0.2) is 18.8 Å². The fourth-order valence-electron chi connectivity index (χ4n) is 4.71. The summed E-state index contributed by atoms with van der Waals surface area (Å²) in [5.41, 5.74) is 29.2. The van der Waals surface area contributed by atoms with Crippen LogP contribution in [0.25, 0.3) is 0 Å². The van der Waals surface area contributed by atoms with Crippen molar-refractivity contribution in [3.63, 3.8) is 0 Å². The van der Waals surface area contributed by atoms with Gasteiger partial charge < -0.3 is 73.4 Å². The molecule has 15 nitrogen and oxygen atoms in total. The first-order valence-electron chi connectivity index (χ1n) is 12.6. The first kappa shape index (κ1) is 31.2. The number of nitrogens with two attached hydrogens (primary N) is 5. The lowest BCUT2D eigenvalue weighted by atomic mass is 9.84. The predicted octanol–water partition coefficient (Wildman–Crippen LogP) is -5.65. The molecule has 1 saturated carbocycles. The van der Waals surface area contributed by atoms with Gasteiger partial charge in [-0.1, -0.05) is 12.2 Å². The summed E-state index contributed by atoms with van der Waals surface area (Å²) < 4.78 is 38.9. The van der Waals surface area contributed by atoms with Gasteiger partial charge in [0.1, 0.15) is 36.6 Å². The van der Waals surface area contributed by atoms with E-state index in [1.807, 2.05) is 0 Å². The Morgan fingerprint density at radius 1 is 1.08 bits per heavy atom. The van der Waals surface area contributed by atoms with E-state index in [4.69, 9.17) is 47.6 Å². The summed E-state index contributed by atoms with van der Waals surface area (Å²) in [5.74, 6) is -0.827. The van der Waals surface area contributed by atoms with Crippen molar-refractivity contribution in [1.82, 2.24) is 5.32 Å². The summed E-state index contributed by atoms with van der Waals surface area (Å²) in [6.45, 7) is -0.482. The zero-order chi connectivity index (χ0) is 28.1. The topological polar surface area (TPSA) is 277 Å². The lowest BCUT2D eigenvalue weighted by Gasteiger charge is -2.47. The molecule has 0 aromatic carbocycles. The van der Waals surface area contributed by atoms with E-state index in [0.717, 1.165) is 0 Å². The van der Waals surface area contributed by atoms with Gasteiger partial charge in [0.2, 0.25) is 5.91 Å². The summed E-state index contributed by atoms with van der Waals surface area (Å²) in [7, 11) is 0. The Morgan fingerprint density at radius 3 is 2.39 bits per heavy atom. The Labute approximate surface area is 219 Å². The third-order valence-electron chi connectivity index (χ3n) is 6.97. The van der Waals surface area contributed by atoms with Crippen LogP contribution in [0.4, 0.5) is 4.39 Å². The van der Waals surface area contributed by atoms with E-state index in [0.29, 0.717) is 0 Å². The zero-order valence-electron chi connectivity index (χ0n) is 20.9. The molecule has 3 rings (SSSR count). The van der Waals surface area contributed by atoms with Crippen molar-refractivity contribution in [2.45, 2.75) is 98.5 Å². The van der Waals surface area contributed by atoms with Crippen molar-refractivity contribution in [1.29, 1.82) is 0 Å². The molecule has 6 unspecified atom stereocenters. The van der Waals surface area contributed by atoms with E-state index in [1.54, 1.807) is 12.2 Å². The summed E-state index contributed by atoms with van der Waals surface area (Å²) in [6.07, 6.45) is -10.6. The van der Waals surface area contributed by atoms with Crippen LogP contribution in [0.1, 0.15) is 12.8 Å². The maximum Gasteiger partial charge on any atom is 0.249 e. The van der Waals surface area contributed by atoms with Gasteiger partial charge in [-0.15, -0.1) is 0 Å². The molecule has 1 amide bonds. The minimum absolute atomic E-state index is 0.0328. The Hall–Kier alpha value is -1.38. The third kappa shape index (κ3) is 7.03. The molecule has 0 aromatic rings. The molecule has 3 aliphatic rings. The average molecular weight is 553 g/mol. The van der Waals surface area contributed by atoms with E-state index in [1.165, 1.54) is 0 Å². The second-order valence-electron chi connectivity index (χ2n) is 9.78. The molecule has 0 aromatic heterocycles. The molecule has 1 saturated heterocycles. The number of hydrogen-bond donors (Lipinski definition) is 10. The van der Waals surface area contributed by atoms with Gasteiger partial charge in [-0.3, -0.25) is 4.79 Å². The second-order valence-corrected chi connectivity index (χ2v) is 9.78. The number of amides is 1. The van der Waals surface area contributed by atoms with Crippen LogP contribution in [0.5, 0.6) is 0 Å². The second kappa shape index (κ2) is 13.8. The Bertz CT molecular complexity index is 800. The highest BCUT2D eigenvalue weighted by Gasteiger charge is 2.51. The van der Waals surface area contributed by atoms with Gasteiger partial charge in [0.25, 0.3) is 0 Å². The zero-order valence-corrected chi connectivity index (χ0v) is 20.9. The van der Waals surface area contributed by atoms with Crippen LogP contribution in [0, 0.1) is 0 Å². The molecule has 2 aliphatic heterocycles. The van der Waals surface area contributed by atoms with Gasteiger partial charge in [0.05, 0.1) is 30.8 Å². The van der Waals surface area contributed by atoms with E-state index < -0.39 is 98.2 Å². The van der Waals surface area contributed by atoms with Gasteiger partial charge >= 0.3 is 0 Å². The molecule has 16 heteroatoms. The van der Waals surface area contributed by atoms with Gasteiger partial charge in [-0.2, -0.15) is 0 Å². The molecule has 1 aliphatic carbocycles. The molecule has 2 heterocycles. The van der Waals surface area contributed by atoms with Gasteiger partial charge in [-0.05, 0) is 19.4 Å². The van der Waals surface area contributed by atoms with Crippen LogP contribution in [0.2, 0.25) is 0 Å². The first-order valence-corrected chi connectivity index (χ1v) is 12.6. The number of halogens is 1. The molecule has 0 radical (unpaired) electrons. The molecule has 0 bridgehead atoms. The fraction of sp³-hybridized carbons (Fsp3) is 0.864. The molecular weight excluding hydrogens is 511 g/mol. The lowest BCUT2D eigenvalue weighted by Crippen LogP contribution is -2.68. The van der Waals surface area contributed by atoms with E-state index in [2.05, 4.69) is 5.32 Å². The van der Waals surface area contributed by atoms with Crippen molar-refractivity contribution in [3.05, 3.63) is 12.2 Å². The Morgan fingerprint density at radius 2 is 1.76 bits per heavy atom. The molecule has 0 spiro atoms. The predicted molar refractivity (Wildman–Crippen MR) is 129 cm³/mol. The minimum atomic E-state index is -2.03. The summed E-state index contributed by atoms with van der Waals surface area (Å²) >= 11 is 0. The number of ether oxygens (including phenoxy) is 4. The lowest BCUT2D eigenvalue weighted by molar-refractivity contribution is -0.307. The van der Waals surface area contributed by atoms with E-state index in [-0.39, 0.29) is 25.9 Å². The van der Waals surface area contributed by atoms with Crippen molar-refractivity contribution in [2.75, 3.05) is 19.7 Å². The van der Waals surface area contributed by atoms with E-state index in [9.17, 15) is 25.2 Å². The molecule has 15 N–H and O–H groups in total. The highest BCUT2D eigenvalue weighted by molar-refractivity contribution is 5.80. The molecule has 38 heavy (non-hydrogen) atoms. The number of hydrogen-bond acceptors (Lipinski definition) is 14. The fourth-order valence-corrected chi connectivity index (χ4v) is 4.71. The number of alkyl halides is 1. The third-order valence-corrected chi connectivity index (χ3v) is 6.97. The van der Waals surface area contributed by atoms with Crippen molar-refractivity contribution in [2.24, 2.45) is 28.7 Å². The number of aliphatic hydroxyl groups is 4. The average Bonchev–Trinajstić information content (AvgIpc) is 2.89. The van der Waals surface area contributed by atoms with Crippen LogP contribution in [-0.2, 0) is 23.7 Å². The number of carbonyl (C=O) groups excluding carboxylic acids is 1. The maximum absolute atomic E-state index is 16.1.